The van der Waals surface area contributed by atoms with E-state index in [2.05, 4.69) is 25.7 Å². The lowest BCUT2D eigenvalue weighted by Gasteiger charge is -2.28. The van der Waals surface area contributed by atoms with Crippen LogP contribution >= 0.6 is 11.3 Å². The Kier molecular flexibility index (Phi) is 8.16. The third kappa shape index (κ3) is 5.39. The van der Waals surface area contributed by atoms with Crippen molar-refractivity contribution in [3.63, 3.8) is 0 Å². The zero-order valence-electron chi connectivity index (χ0n) is 20.9. The maximum atomic E-state index is 14.4. The van der Waals surface area contributed by atoms with Gasteiger partial charge in [0.15, 0.2) is 5.13 Å². The molecule has 0 atom stereocenters. The minimum Gasteiger partial charge on any atom is -0.494 e. The summed E-state index contributed by atoms with van der Waals surface area (Å²) in [6.07, 6.45) is 0. The molecule has 1 aromatic heterocycles. The molecule has 4 rings (SSSR count). The number of benzene rings is 3. The van der Waals surface area contributed by atoms with E-state index in [0.29, 0.717) is 11.7 Å². The summed E-state index contributed by atoms with van der Waals surface area (Å²) in [5.41, 5.74) is 3.89. The quantitative estimate of drug-likeness (QED) is 0.270. The van der Waals surface area contributed by atoms with Crippen molar-refractivity contribution < 1.29 is 9.53 Å². The Hall–Kier alpha value is -3.22. The molecule has 0 aliphatic rings. The van der Waals surface area contributed by atoms with E-state index in [4.69, 9.17) is 9.72 Å². The van der Waals surface area contributed by atoms with Gasteiger partial charge in [-0.15, -0.1) is 0 Å². The minimum absolute atomic E-state index is 0.0326. The molecule has 4 aromatic rings. The second-order valence-corrected chi connectivity index (χ2v) is 9.51. The highest BCUT2D eigenvalue weighted by molar-refractivity contribution is 7.22. The summed E-state index contributed by atoms with van der Waals surface area (Å²) in [6, 6.07) is 24.0. The lowest BCUT2D eigenvalue weighted by atomic mass is 9.90. The van der Waals surface area contributed by atoms with Crippen molar-refractivity contribution in [2.75, 3.05) is 38.2 Å². The van der Waals surface area contributed by atoms with Gasteiger partial charge in [-0.1, -0.05) is 91.9 Å². The second-order valence-electron chi connectivity index (χ2n) is 8.53. The first kappa shape index (κ1) is 24.9. The predicted octanol–water partition coefficient (Wildman–Crippen LogP) is 6.12. The molecule has 3 aromatic carbocycles. The Bertz CT molecular complexity index is 1210. The van der Waals surface area contributed by atoms with Gasteiger partial charge < -0.3 is 9.64 Å². The van der Waals surface area contributed by atoms with Crippen molar-refractivity contribution in [1.82, 2.24) is 9.88 Å². The molecular formula is C29H33N3O2S. The van der Waals surface area contributed by atoms with E-state index in [1.807, 2.05) is 77.7 Å². The number of fused-ring (bicyclic) bond motifs is 1. The van der Waals surface area contributed by atoms with E-state index >= 15 is 0 Å². The molecule has 0 radical (unpaired) electrons. The van der Waals surface area contributed by atoms with E-state index in [9.17, 15) is 4.79 Å². The highest BCUT2D eigenvalue weighted by atomic mass is 32.1. The molecule has 0 aliphatic heterocycles. The van der Waals surface area contributed by atoms with Crippen LogP contribution in [0.5, 0.6) is 5.75 Å². The largest absolute Gasteiger partial charge is 0.494 e. The van der Waals surface area contributed by atoms with Gasteiger partial charge >= 0.3 is 0 Å². The molecule has 1 amide bonds. The minimum atomic E-state index is -0.413. The van der Waals surface area contributed by atoms with Crippen molar-refractivity contribution in [2.24, 2.45) is 0 Å². The number of thiazole rings is 1. The Labute approximate surface area is 212 Å². The normalized spacial score (nSPS) is 11.4. The standard InChI is InChI=1S/C29H33N3O2S/c1-5-31(6-2)19-20-32(29-30-26-24(34-4)18-17-21(3)27(26)35-29)28(33)25(22-13-9-7-10-14-22)23-15-11-8-12-16-23/h7-18,25H,5-6,19-20H2,1-4H3. The number of aromatic nitrogens is 1. The molecule has 0 saturated carbocycles. The molecule has 0 aliphatic carbocycles. The van der Waals surface area contributed by atoms with Gasteiger partial charge in [-0.25, -0.2) is 4.98 Å². The number of methoxy groups -OCH3 is 1. The summed E-state index contributed by atoms with van der Waals surface area (Å²) in [5, 5.41) is 0.710. The summed E-state index contributed by atoms with van der Waals surface area (Å²) < 4.78 is 6.64. The molecule has 0 N–H and O–H groups in total. The van der Waals surface area contributed by atoms with Gasteiger partial charge in [0.2, 0.25) is 5.91 Å². The lowest BCUT2D eigenvalue weighted by Crippen LogP contribution is -2.41. The number of ether oxygens (including phenoxy) is 1. The number of carbonyl (C=O) groups is 1. The smallest absolute Gasteiger partial charge is 0.240 e. The first-order valence-corrected chi connectivity index (χ1v) is 13.0. The van der Waals surface area contributed by atoms with Gasteiger partial charge in [0.05, 0.1) is 17.7 Å². The van der Waals surface area contributed by atoms with E-state index in [1.165, 1.54) is 0 Å². The average molecular weight is 488 g/mol. The fraction of sp³-hybridized carbons (Fsp3) is 0.310. The molecule has 6 heteroatoms. The molecule has 5 nitrogen and oxygen atoms in total. The van der Waals surface area contributed by atoms with Crippen molar-refractivity contribution in [2.45, 2.75) is 26.7 Å². The molecule has 0 bridgehead atoms. The molecule has 0 spiro atoms. The zero-order valence-corrected chi connectivity index (χ0v) is 21.7. The van der Waals surface area contributed by atoms with Gasteiger partial charge in [0.25, 0.3) is 0 Å². The Morgan fingerprint density at radius 1 is 0.914 bits per heavy atom. The van der Waals surface area contributed by atoms with Crippen LogP contribution in [0, 0.1) is 6.92 Å². The van der Waals surface area contributed by atoms with Crippen LogP contribution in [0.25, 0.3) is 10.2 Å². The highest BCUT2D eigenvalue weighted by Crippen LogP contribution is 2.38. The summed E-state index contributed by atoms with van der Waals surface area (Å²) in [4.78, 5) is 23.6. The monoisotopic (exact) mass is 487 g/mol. The van der Waals surface area contributed by atoms with Crippen LogP contribution < -0.4 is 9.64 Å². The van der Waals surface area contributed by atoms with Crippen LogP contribution in [0.15, 0.2) is 72.8 Å². The first-order valence-electron chi connectivity index (χ1n) is 12.1. The maximum Gasteiger partial charge on any atom is 0.240 e. The van der Waals surface area contributed by atoms with Crippen molar-refractivity contribution >= 4 is 32.6 Å². The van der Waals surface area contributed by atoms with Crippen LogP contribution in [0.4, 0.5) is 5.13 Å². The number of likely N-dealkylation sites (N-methyl/N-ethyl adjacent to an activating group) is 1. The van der Waals surface area contributed by atoms with Crippen molar-refractivity contribution in [1.29, 1.82) is 0 Å². The summed E-state index contributed by atoms with van der Waals surface area (Å²) in [5.74, 6) is 0.348. The van der Waals surface area contributed by atoms with Crippen LogP contribution in [0.2, 0.25) is 0 Å². The van der Waals surface area contributed by atoms with Gasteiger partial charge in [-0.05, 0) is 42.8 Å². The molecule has 182 valence electrons. The maximum absolute atomic E-state index is 14.4. The highest BCUT2D eigenvalue weighted by Gasteiger charge is 2.30. The Balaban J connectivity index is 1.82. The molecule has 1 heterocycles. The van der Waals surface area contributed by atoms with E-state index < -0.39 is 5.92 Å². The van der Waals surface area contributed by atoms with Crippen LogP contribution in [-0.4, -0.2) is 49.1 Å². The Morgan fingerprint density at radius 2 is 1.51 bits per heavy atom. The molecule has 0 saturated heterocycles. The fourth-order valence-corrected chi connectivity index (χ4v) is 5.47. The van der Waals surface area contributed by atoms with Gasteiger partial charge in [0, 0.05) is 13.1 Å². The molecule has 35 heavy (non-hydrogen) atoms. The number of amides is 1. The van der Waals surface area contributed by atoms with E-state index in [-0.39, 0.29) is 5.91 Å². The summed E-state index contributed by atoms with van der Waals surface area (Å²) >= 11 is 1.56. The Morgan fingerprint density at radius 3 is 2.06 bits per heavy atom. The third-order valence-corrected chi connectivity index (χ3v) is 7.67. The van der Waals surface area contributed by atoms with Gasteiger partial charge in [-0.3, -0.25) is 9.69 Å². The number of nitrogens with zero attached hydrogens (tertiary/aromatic N) is 3. The molecular weight excluding hydrogens is 454 g/mol. The second kappa shape index (κ2) is 11.5. The van der Waals surface area contributed by atoms with Crippen molar-refractivity contribution in [3.05, 3.63) is 89.5 Å². The number of aryl methyl sites for hydroxylation is 1. The fourth-order valence-electron chi connectivity index (χ4n) is 4.38. The summed E-state index contributed by atoms with van der Waals surface area (Å²) in [6.45, 7) is 9.59. The lowest BCUT2D eigenvalue weighted by molar-refractivity contribution is -0.119. The van der Waals surface area contributed by atoms with Crippen molar-refractivity contribution in [3.8, 4) is 5.75 Å². The SMILES string of the molecule is CCN(CC)CCN(C(=O)C(c1ccccc1)c1ccccc1)c1nc2c(OC)ccc(C)c2s1. The molecule has 0 unspecified atom stereocenters. The predicted molar refractivity (Wildman–Crippen MR) is 146 cm³/mol. The van der Waals surface area contributed by atoms with E-state index in [1.54, 1.807) is 18.4 Å². The number of anilines is 1. The number of hydrogen-bond donors (Lipinski definition) is 0. The van der Waals surface area contributed by atoms with Gasteiger partial charge in [0.1, 0.15) is 11.3 Å². The number of carbonyl (C=O) groups excluding carboxylic acids is 1. The molecule has 0 fully saturated rings. The number of hydrogen-bond acceptors (Lipinski definition) is 5. The topological polar surface area (TPSA) is 45.7 Å². The number of rotatable bonds is 10. The first-order chi connectivity index (χ1) is 17.1. The van der Waals surface area contributed by atoms with Crippen LogP contribution in [-0.2, 0) is 4.79 Å². The summed E-state index contributed by atoms with van der Waals surface area (Å²) in [7, 11) is 1.66. The third-order valence-electron chi connectivity index (χ3n) is 6.46. The van der Waals surface area contributed by atoms with Crippen LogP contribution in [0.3, 0.4) is 0 Å². The van der Waals surface area contributed by atoms with Gasteiger partial charge in [-0.2, -0.15) is 0 Å². The zero-order chi connectivity index (χ0) is 24.8. The van der Waals surface area contributed by atoms with Crippen LogP contribution in [0.1, 0.15) is 36.5 Å². The van der Waals surface area contributed by atoms with E-state index in [0.717, 1.165) is 52.3 Å². The average Bonchev–Trinajstić information content (AvgIpc) is 3.34.